The minimum absolute atomic E-state index is 0.120. The van der Waals surface area contributed by atoms with Crippen LogP contribution in [0.2, 0.25) is 5.02 Å². The summed E-state index contributed by atoms with van der Waals surface area (Å²) < 4.78 is 25.2. The van der Waals surface area contributed by atoms with E-state index in [1.54, 1.807) is 6.26 Å². The van der Waals surface area contributed by atoms with Crippen LogP contribution in [-0.4, -0.2) is 6.26 Å². The van der Waals surface area contributed by atoms with E-state index in [2.05, 4.69) is 0 Å². The second-order valence-corrected chi connectivity index (χ2v) is 3.13. The van der Waals surface area contributed by atoms with Crippen LogP contribution in [0.15, 0.2) is 17.0 Å². The molecule has 0 saturated heterocycles. The number of hydrogen-bond acceptors (Lipinski definition) is 1. The van der Waals surface area contributed by atoms with Crippen LogP contribution in [0, 0.1) is 11.6 Å². The summed E-state index contributed by atoms with van der Waals surface area (Å²) in [7, 11) is 0. The molecule has 0 spiro atoms. The van der Waals surface area contributed by atoms with E-state index < -0.39 is 11.6 Å². The minimum Gasteiger partial charge on any atom is -0.207 e. The molecule has 1 aromatic rings. The molecule has 11 heavy (non-hydrogen) atoms. The molecule has 0 heterocycles. The quantitative estimate of drug-likeness (QED) is 0.618. The molecule has 0 aliphatic carbocycles. The van der Waals surface area contributed by atoms with Crippen LogP contribution in [0.1, 0.15) is 0 Å². The summed E-state index contributed by atoms with van der Waals surface area (Å²) in [6.45, 7) is 0. The minimum atomic E-state index is -0.648. The van der Waals surface area contributed by atoms with E-state index in [9.17, 15) is 8.78 Å². The van der Waals surface area contributed by atoms with Crippen LogP contribution in [-0.2, 0) is 0 Å². The zero-order valence-electron chi connectivity index (χ0n) is 5.70. The predicted octanol–water partition coefficient (Wildman–Crippen LogP) is 3.34. The Kier molecular flexibility index (Phi) is 2.73. The Hall–Kier alpha value is -0.280. The van der Waals surface area contributed by atoms with Crippen LogP contribution in [0.25, 0.3) is 0 Å². The Morgan fingerprint density at radius 1 is 1.36 bits per heavy atom. The monoisotopic (exact) mass is 194 g/mol. The van der Waals surface area contributed by atoms with Gasteiger partial charge in [-0.25, -0.2) is 8.78 Å². The highest BCUT2D eigenvalue weighted by Gasteiger charge is 2.07. The summed E-state index contributed by atoms with van der Waals surface area (Å²) in [5, 5.41) is 0.120. The number of thioether (sulfide) groups is 1. The molecule has 0 atom stereocenters. The van der Waals surface area contributed by atoms with E-state index in [4.69, 9.17) is 11.6 Å². The number of benzene rings is 1. The molecule has 0 nitrogen and oxygen atoms in total. The van der Waals surface area contributed by atoms with E-state index in [-0.39, 0.29) is 9.92 Å². The zero-order chi connectivity index (χ0) is 8.43. The summed E-state index contributed by atoms with van der Waals surface area (Å²) in [6, 6.07) is 1.91. The molecule has 4 heteroatoms. The number of halogens is 3. The van der Waals surface area contributed by atoms with Crippen molar-refractivity contribution in [3.63, 3.8) is 0 Å². The van der Waals surface area contributed by atoms with E-state index in [0.29, 0.717) is 0 Å². The first-order valence-corrected chi connectivity index (χ1v) is 4.44. The predicted molar refractivity (Wildman–Crippen MR) is 43.1 cm³/mol. The third-order valence-electron chi connectivity index (χ3n) is 1.17. The molecule has 0 saturated carbocycles. The third-order valence-corrected chi connectivity index (χ3v) is 2.40. The van der Waals surface area contributed by atoms with Crippen molar-refractivity contribution in [1.29, 1.82) is 0 Å². The molecule has 1 aromatic carbocycles. The Morgan fingerprint density at radius 2 is 2.00 bits per heavy atom. The van der Waals surface area contributed by atoms with Gasteiger partial charge in [-0.2, -0.15) is 0 Å². The molecule has 0 bridgehead atoms. The Balaban J connectivity index is 3.25. The summed E-state index contributed by atoms with van der Waals surface area (Å²) in [4.78, 5) is 0.285. The van der Waals surface area contributed by atoms with Crippen molar-refractivity contribution in [2.24, 2.45) is 0 Å². The lowest BCUT2D eigenvalue weighted by Gasteiger charge is -2.00. The normalized spacial score (nSPS) is 10.2. The maximum atomic E-state index is 12.8. The Bertz CT molecular complexity index is 252. The average Bonchev–Trinajstić information content (AvgIpc) is 1.85. The molecule has 0 unspecified atom stereocenters. The van der Waals surface area contributed by atoms with Gasteiger partial charge in [-0.05, 0) is 12.3 Å². The van der Waals surface area contributed by atoms with Gasteiger partial charge in [0.25, 0.3) is 0 Å². The van der Waals surface area contributed by atoms with Crippen molar-refractivity contribution in [2.45, 2.75) is 4.90 Å². The molecule has 0 amide bonds. The number of hydrogen-bond donors (Lipinski definition) is 0. The molecule has 60 valence electrons. The molecule has 0 N–H and O–H groups in total. The first-order chi connectivity index (χ1) is 5.15. The Labute approximate surface area is 72.6 Å². The molecule has 0 fully saturated rings. The topological polar surface area (TPSA) is 0 Å². The smallest absolute Gasteiger partial charge is 0.141 e. The SMILES string of the molecule is CSc1c(F)cc(F)cc1Cl. The lowest BCUT2D eigenvalue weighted by molar-refractivity contribution is 0.566. The van der Waals surface area contributed by atoms with Crippen LogP contribution in [0.4, 0.5) is 8.78 Å². The van der Waals surface area contributed by atoms with Gasteiger partial charge in [0.05, 0.1) is 9.92 Å². The Morgan fingerprint density at radius 3 is 2.45 bits per heavy atom. The van der Waals surface area contributed by atoms with Crippen molar-refractivity contribution in [3.8, 4) is 0 Å². The van der Waals surface area contributed by atoms with Crippen molar-refractivity contribution < 1.29 is 8.78 Å². The standard InChI is InChI=1S/C7H5ClF2S/c1-11-7-5(8)2-4(9)3-6(7)10/h2-3H,1H3. The van der Waals surface area contributed by atoms with Gasteiger partial charge in [0, 0.05) is 6.07 Å². The molecule has 0 aliphatic rings. The maximum Gasteiger partial charge on any atom is 0.141 e. The van der Waals surface area contributed by atoms with E-state index in [0.717, 1.165) is 23.9 Å². The van der Waals surface area contributed by atoms with Gasteiger partial charge in [-0.3, -0.25) is 0 Å². The number of rotatable bonds is 1. The lowest BCUT2D eigenvalue weighted by atomic mass is 10.3. The molecule has 0 aromatic heterocycles. The molecular formula is C7H5ClF2S. The maximum absolute atomic E-state index is 12.8. The lowest BCUT2D eigenvalue weighted by Crippen LogP contribution is -1.84. The second kappa shape index (κ2) is 3.41. The molecule has 1 rings (SSSR count). The zero-order valence-corrected chi connectivity index (χ0v) is 7.27. The van der Waals surface area contributed by atoms with Gasteiger partial charge in [0.1, 0.15) is 11.6 Å². The largest absolute Gasteiger partial charge is 0.207 e. The van der Waals surface area contributed by atoms with Gasteiger partial charge < -0.3 is 0 Å². The van der Waals surface area contributed by atoms with Crippen molar-refractivity contribution in [2.75, 3.05) is 6.26 Å². The van der Waals surface area contributed by atoms with Gasteiger partial charge in [0.2, 0.25) is 0 Å². The van der Waals surface area contributed by atoms with Crippen LogP contribution >= 0.6 is 23.4 Å². The first kappa shape index (κ1) is 8.81. The average molecular weight is 195 g/mol. The highest BCUT2D eigenvalue weighted by Crippen LogP contribution is 2.28. The second-order valence-electron chi connectivity index (χ2n) is 1.90. The van der Waals surface area contributed by atoms with Gasteiger partial charge >= 0.3 is 0 Å². The van der Waals surface area contributed by atoms with Gasteiger partial charge in [0.15, 0.2) is 0 Å². The fraction of sp³-hybridized carbons (Fsp3) is 0.143. The summed E-state index contributed by atoms with van der Waals surface area (Å²) in [5.74, 6) is -1.26. The van der Waals surface area contributed by atoms with E-state index >= 15 is 0 Å². The van der Waals surface area contributed by atoms with Crippen molar-refractivity contribution >= 4 is 23.4 Å². The highest BCUT2D eigenvalue weighted by molar-refractivity contribution is 7.98. The highest BCUT2D eigenvalue weighted by atomic mass is 35.5. The molecule has 0 aliphatic heterocycles. The van der Waals surface area contributed by atoms with Crippen LogP contribution < -0.4 is 0 Å². The first-order valence-electron chi connectivity index (χ1n) is 2.83. The third kappa shape index (κ3) is 1.84. The van der Waals surface area contributed by atoms with E-state index in [1.807, 2.05) is 0 Å². The summed E-state index contributed by atoms with van der Waals surface area (Å²) >= 11 is 6.69. The van der Waals surface area contributed by atoms with Crippen molar-refractivity contribution in [1.82, 2.24) is 0 Å². The van der Waals surface area contributed by atoms with Gasteiger partial charge in [-0.15, -0.1) is 11.8 Å². The van der Waals surface area contributed by atoms with E-state index in [1.165, 1.54) is 0 Å². The summed E-state index contributed by atoms with van der Waals surface area (Å²) in [6.07, 6.45) is 1.68. The van der Waals surface area contributed by atoms with Crippen LogP contribution in [0.5, 0.6) is 0 Å². The fourth-order valence-corrected chi connectivity index (χ4v) is 1.66. The van der Waals surface area contributed by atoms with Crippen molar-refractivity contribution in [3.05, 3.63) is 28.8 Å². The van der Waals surface area contributed by atoms with Crippen LogP contribution in [0.3, 0.4) is 0 Å². The summed E-state index contributed by atoms with van der Waals surface area (Å²) in [5.41, 5.74) is 0. The fourth-order valence-electron chi connectivity index (χ4n) is 0.724. The molecule has 0 radical (unpaired) electrons. The van der Waals surface area contributed by atoms with Gasteiger partial charge in [-0.1, -0.05) is 11.6 Å². The molecular weight excluding hydrogens is 190 g/mol.